The van der Waals surface area contributed by atoms with Crippen LogP contribution in [0.5, 0.6) is 0 Å². The smallest absolute Gasteiger partial charge is 0.220 e. The third kappa shape index (κ3) is 5.68. The summed E-state index contributed by atoms with van der Waals surface area (Å²) in [4.78, 5) is 12.1. The molecule has 1 heterocycles. The Labute approximate surface area is 134 Å². The Morgan fingerprint density at radius 3 is 2.67 bits per heavy atom. The van der Waals surface area contributed by atoms with Crippen molar-refractivity contribution in [1.29, 1.82) is 0 Å². The molecule has 1 amide bonds. The monoisotopic (exact) mass is 310 g/mol. The van der Waals surface area contributed by atoms with Gasteiger partial charge in [-0.25, -0.2) is 0 Å². The minimum atomic E-state index is 0. The van der Waals surface area contributed by atoms with Crippen molar-refractivity contribution in [3.8, 4) is 0 Å². The van der Waals surface area contributed by atoms with Crippen molar-refractivity contribution in [2.24, 2.45) is 0 Å². The van der Waals surface area contributed by atoms with E-state index in [0.717, 1.165) is 32.4 Å². The average Bonchev–Trinajstić information content (AvgIpc) is 2.48. The zero-order chi connectivity index (χ0) is 14.4. The highest BCUT2D eigenvalue weighted by Gasteiger charge is 2.17. The molecule has 2 N–H and O–H groups in total. The average molecular weight is 311 g/mol. The molecule has 118 valence electrons. The Kier molecular flexibility index (Phi) is 7.76. The van der Waals surface area contributed by atoms with Crippen molar-refractivity contribution in [3.63, 3.8) is 0 Å². The van der Waals surface area contributed by atoms with Gasteiger partial charge in [-0.3, -0.25) is 4.79 Å². The van der Waals surface area contributed by atoms with Crippen molar-refractivity contribution in [3.05, 3.63) is 35.4 Å². The van der Waals surface area contributed by atoms with E-state index in [4.69, 9.17) is 0 Å². The highest BCUT2D eigenvalue weighted by Crippen LogP contribution is 2.19. The maximum absolute atomic E-state index is 12.1. The van der Waals surface area contributed by atoms with E-state index in [-0.39, 0.29) is 24.2 Å². The number of halogens is 1. The molecule has 0 radical (unpaired) electrons. The van der Waals surface area contributed by atoms with Gasteiger partial charge < -0.3 is 10.6 Å². The molecule has 0 aromatic heterocycles. The largest absolute Gasteiger partial charge is 0.352 e. The topological polar surface area (TPSA) is 41.1 Å². The fourth-order valence-corrected chi connectivity index (χ4v) is 2.74. The minimum absolute atomic E-state index is 0. The number of benzene rings is 1. The van der Waals surface area contributed by atoms with E-state index in [0.29, 0.717) is 12.5 Å². The van der Waals surface area contributed by atoms with Gasteiger partial charge in [-0.05, 0) is 42.9 Å². The molecule has 1 aliphatic heterocycles. The second-order valence-corrected chi connectivity index (χ2v) is 5.81. The van der Waals surface area contributed by atoms with Crippen LogP contribution in [-0.4, -0.2) is 25.0 Å². The summed E-state index contributed by atoms with van der Waals surface area (Å²) < 4.78 is 0. The maximum atomic E-state index is 12.1. The van der Waals surface area contributed by atoms with Crippen molar-refractivity contribution < 1.29 is 4.79 Å². The predicted molar refractivity (Wildman–Crippen MR) is 90.1 cm³/mol. The first kappa shape index (κ1) is 18.0. The van der Waals surface area contributed by atoms with Gasteiger partial charge in [-0.2, -0.15) is 0 Å². The van der Waals surface area contributed by atoms with Gasteiger partial charge in [0.2, 0.25) is 5.91 Å². The first-order valence-corrected chi connectivity index (χ1v) is 7.78. The number of nitrogens with one attached hydrogen (secondary N) is 2. The molecule has 1 aromatic rings. The van der Waals surface area contributed by atoms with Crippen molar-refractivity contribution >= 4 is 18.3 Å². The van der Waals surface area contributed by atoms with Gasteiger partial charge in [0.05, 0.1) is 0 Å². The normalized spacial score (nSPS) is 19.4. The molecule has 0 bridgehead atoms. The van der Waals surface area contributed by atoms with Crippen molar-refractivity contribution in [1.82, 2.24) is 10.6 Å². The number of rotatable bonds is 5. The molecule has 2 atom stereocenters. The fraction of sp³-hybridized carbons (Fsp3) is 0.588. The summed E-state index contributed by atoms with van der Waals surface area (Å²) in [6.45, 7) is 6.27. The lowest BCUT2D eigenvalue weighted by Crippen LogP contribution is -2.45. The summed E-state index contributed by atoms with van der Waals surface area (Å²) in [5.74, 6) is 0.447. The molecule has 2 rings (SSSR count). The van der Waals surface area contributed by atoms with Gasteiger partial charge in [-0.1, -0.05) is 38.1 Å². The maximum Gasteiger partial charge on any atom is 0.220 e. The Morgan fingerprint density at radius 2 is 2.10 bits per heavy atom. The van der Waals surface area contributed by atoms with Crippen molar-refractivity contribution in [2.75, 3.05) is 13.1 Å². The van der Waals surface area contributed by atoms with E-state index in [1.165, 1.54) is 11.1 Å². The lowest BCUT2D eigenvalue weighted by molar-refractivity contribution is -0.122. The van der Waals surface area contributed by atoms with Gasteiger partial charge >= 0.3 is 0 Å². The van der Waals surface area contributed by atoms with E-state index in [2.05, 4.69) is 48.7 Å². The van der Waals surface area contributed by atoms with Gasteiger partial charge in [-0.15, -0.1) is 12.4 Å². The molecular weight excluding hydrogens is 284 g/mol. The molecule has 4 heteroatoms. The van der Waals surface area contributed by atoms with Crippen LogP contribution < -0.4 is 10.6 Å². The third-order valence-corrected chi connectivity index (χ3v) is 4.11. The molecular formula is C17H27ClN2O. The van der Waals surface area contributed by atoms with Crippen LogP contribution in [0, 0.1) is 0 Å². The first-order chi connectivity index (χ1) is 9.69. The first-order valence-electron chi connectivity index (χ1n) is 7.78. The Morgan fingerprint density at radius 1 is 1.38 bits per heavy atom. The van der Waals surface area contributed by atoms with Gasteiger partial charge in [0, 0.05) is 19.0 Å². The number of piperidine rings is 1. The number of hydrogen-bond donors (Lipinski definition) is 2. The van der Waals surface area contributed by atoms with E-state index >= 15 is 0 Å². The van der Waals surface area contributed by atoms with Crippen LogP contribution in [0.3, 0.4) is 0 Å². The van der Waals surface area contributed by atoms with Crippen molar-refractivity contribution in [2.45, 2.75) is 51.5 Å². The Bertz CT molecular complexity index is 427. The highest BCUT2D eigenvalue weighted by molar-refractivity contribution is 5.85. The zero-order valence-corrected chi connectivity index (χ0v) is 13.8. The molecule has 21 heavy (non-hydrogen) atoms. The molecule has 1 aliphatic rings. The standard InChI is InChI=1S/C17H26N2O.ClH/c1-3-14-6-8-15(9-7-14)13(2)11-17(20)19-16-5-4-10-18-12-16;/h6-9,13,16,18H,3-5,10-12H2,1-2H3,(H,19,20);1H/t13?,16-;/m0./s1. The van der Waals surface area contributed by atoms with E-state index < -0.39 is 0 Å². The van der Waals surface area contributed by atoms with Crippen LogP contribution in [0.1, 0.15) is 50.2 Å². The van der Waals surface area contributed by atoms with Crippen LogP contribution in [0.4, 0.5) is 0 Å². The minimum Gasteiger partial charge on any atom is -0.352 e. The second-order valence-electron chi connectivity index (χ2n) is 5.81. The van der Waals surface area contributed by atoms with Crippen LogP contribution in [-0.2, 0) is 11.2 Å². The molecule has 0 saturated carbocycles. The molecule has 1 fully saturated rings. The second kappa shape index (κ2) is 9.06. The Hall–Kier alpha value is -1.06. The van der Waals surface area contributed by atoms with E-state index in [9.17, 15) is 4.79 Å². The quantitative estimate of drug-likeness (QED) is 0.877. The highest BCUT2D eigenvalue weighted by atomic mass is 35.5. The number of aryl methyl sites for hydroxylation is 1. The number of carbonyl (C=O) groups is 1. The Balaban J connectivity index is 0.00000220. The molecule has 1 unspecified atom stereocenters. The molecule has 0 aliphatic carbocycles. The van der Waals surface area contributed by atoms with Gasteiger partial charge in [0.1, 0.15) is 0 Å². The third-order valence-electron chi connectivity index (χ3n) is 4.11. The summed E-state index contributed by atoms with van der Waals surface area (Å²) >= 11 is 0. The van der Waals surface area contributed by atoms with E-state index in [1.54, 1.807) is 0 Å². The van der Waals surface area contributed by atoms with Gasteiger partial charge in [0.25, 0.3) is 0 Å². The lowest BCUT2D eigenvalue weighted by atomic mass is 9.95. The SMILES string of the molecule is CCc1ccc(C(C)CC(=O)N[C@H]2CCCNC2)cc1.Cl. The lowest BCUT2D eigenvalue weighted by Gasteiger charge is -2.24. The molecule has 0 spiro atoms. The van der Waals surface area contributed by atoms with Crippen LogP contribution >= 0.6 is 12.4 Å². The predicted octanol–water partition coefficient (Wildman–Crippen LogP) is 3.03. The summed E-state index contributed by atoms with van der Waals surface area (Å²) in [5, 5.41) is 6.46. The number of carbonyl (C=O) groups excluding carboxylic acids is 1. The van der Waals surface area contributed by atoms with Gasteiger partial charge in [0.15, 0.2) is 0 Å². The molecule has 1 saturated heterocycles. The molecule has 1 aromatic carbocycles. The van der Waals surface area contributed by atoms with Crippen LogP contribution in [0.15, 0.2) is 24.3 Å². The fourth-order valence-electron chi connectivity index (χ4n) is 2.74. The van der Waals surface area contributed by atoms with Crippen LogP contribution in [0.25, 0.3) is 0 Å². The number of hydrogen-bond acceptors (Lipinski definition) is 2. The van der Waals surface area contributed by atoms with E-state index in [1.807, 2.05) is 0 Å². The summed E-state index contributed by atoms with van der Waals surface area (Å²) in [6, 6.07) is 8.94. The summed E-state index contributed by atoms with van der Waals surface area (Å²) in [7, 11) is 0. The molecule has 3 nitrogen and oxygen atoms in total. The zero-order valence-electron chi connectivity index (χ0n) is 13.0. The van der Waals surface area contributed by atoms with Crippen LogP contribution in [0.2, 0.25) is 0 Å². The number of amides is 1. The summed E-state index contributed by atoms with van der Waals surface area (Å²) in [5.41, 5.74) is 2.60. The summed E-state index contributed by atoms with van der Waals surface area (Å²) in [6.07, 6.45) is 3.88.